The average molecular weight is 402 g/mol. The van der Waals surface area contributed by atoms with Gasteiger partial charge in [0.2, 0.25) is 0 Å². The number of imidazole rings is 1. The van der Waals surface area contributed by atoms with Crippen LogP contribution in [0.25, 0.3) is 5.69 Å². The SMILES string of the molecule is CC(NC(=O)c1c[nH]c(=S)n1-c1ccccc1)c1ccccc1Br. The maximum absolute atomic E-state index is 12.7. The van der Waals surface area contributed by atoms with Crippen LogP contribution in [0.1, 0.15) is 29.0 Å². The number of rotatable bonds is 4. The molecule has 0 bridgehead atoms. The number of aromatic amines is 1. The summed E-state index contributed by atoms with van der Waals surface area (Å²) in [6.45, 7) is 1.95. The molecule has 0 spiro atoms. The molecular weight excluding hydrogens is 386 g/mol. The van der Waals surface area contributed by atoms with Crippen LogP contribution < -0.4 is 5.32 Å². The van der Waals surface area contributed by atoms with Crippen LogP contribution in [-0.4, -0.2) is 15.5 Å². The maximum Gasteiger partial charge on any atom is 0.270 e. The van der Waals surface area contributed by atoms with E-state index in [2.05, 4.69) is 26.2 Å². The predicted molar refractivity (Wildman–Crippen MR) is 101 cm³/mol. The first-order valence-electron chi connectivity index (χ1n) is 7.49. The lowest BCUT2D eigenvalue weighted by Crippen LogP contribution is -2.28. The second-order valence-corrected chi connectivity index (χ2v) is 6.61. The smallest absolute Gasteiger partial charge is 0.270 e. The Morgan fingerprint density at radius 3 is 2.54 bits per heavy atom. The Balaban J connectivity index is 1.90. The van der Waals surface area contributed by atoms with Gasteiger partial charge in [-0.05, 0) is 42.9 Å². The van der Waals surface area contributed by atoms with E-state index in [4.69, 9.17) is 12.2 Å². The minimum absolute atomic E-state index is 0.138. The first kappa shape index (κ1) is 16.7. The molecule has 0 radical (unpaired) electrons. The molecule has 4 nitrogen and oxygen atoms in total. The maximum atomic E-state index is 12.7. The summed E-state index contributed by atoms with van der Waals surface area (Å²) in [6.07, 6.45) is 1.64. The number of aromatic nitrogens is 2. The van der Waals surface area contributed by atoms with Gasteiger partial charge < -0.3 is 10.3 Å². The molecule has 0 aliphatic heterocycles. The fraction of sp³-hybridized carbons (Fsp3) is 0.111. The topological polar surface area (TPSA) is 49.8 Å². The highest BCUT2D eigenvalue weighted by Crippen LogP contribution is 2.23. The summed E-state index contributed by atoms with van der Waals surface area (Å²) in [5, 5.41) is 3.02. The van der Waals surface area contributed by atoms with Crippen molar-refractivity contribution in [2.75, 3.05) is 0 Å². The van der Waals surface area contributed by atoms with Gasteiger partial charge in [-0.3, -0.25) is 9.36 Å². The molecule has 6 heteroatoms. The molecule has 24 heavy (non-hydrogen) atoms. The Morgan fingerprint density at radius 2 is 1.83 bits per heavy atom. The fourth-order valence-electron chi connectivity index (χ4n) is 2.54. The molecule has 3 aromatic rings. The lowest BCUT2D eigenvalue weighted by Gasteiger charge is -2.16. The van der Waals surface area contributed by atoms with E-state index in [0.717, 1.165) is 15.7 Å². The molecule has 122 valence electrons. The van der Waals surface area contributed by atoms with Crippen LogP contribution in [0.15, 0.2) is 65.3 Å². The molecule has 1 aromatic heterocycles. The number of H-pyrrole nitrogens is 1. The fourth-order valence-corrected chi connectivity index (χ4v) is 3.43. The molecule has 3 rings (SSSR count). The van der Waals surface area contributed by atoms with Gasteiger partial charge >= 0.3 is 0 Å². The first-order valence-corrected chi connectivity index (χ1v) is 8.69. The lowest BCUT2D eigenvalue weighted by atomic mass is 10.1. The third kappa shape index (κ3) is 3.34. The van der Waals surface area contributed by atoms with E-state index in [1.54, 1.807) is 10.8 Å². The zero-order chi connectivity index (χ0) is 17.1. The number of hydrogen-bond donors (Lipinski definition) is 2. The lowest BCUT2D eigenvalue weighted by molar-refractivity contribution is 0.0933. The molecule has 1 atom stereocenters. The number of nitrogens with zero attached hydrogens (tertiary/aromatic N) is 1. The average Bonchev–Trinajstić information content (AvgIpc) is 2.97. The van der Waals surface area contributed by atoms with Gasteiger partial charge in [0, 0.05) is 16.4 Å². The molecule has 0 aliphatic carbocycles. The van der Waals surface area contributed by atoms with Crippen LogP contribution in [0.4, 0.5) is 0 Å². The van der Waals surface area contributed by atoms with Crippen LogP contribution in [0.3, 0.4) is 0 Å². The van der Waals surface area contributed by atoms with Crippen molar-refractivity contribution < 1.29 is 4.79 Å². The van der Waals surface area contributed by atoms with Crippen molar-refractivity contribution in [1.29, 1.82) is 0 Å². The van der Waals surface area contributed by atoms with Crippen LogP contribution in [-0.2, 0) is 0 Å². The zero-order valence-electron chi connectivity index (χ0n) is 13.0. The Kier molecular flexibility index (Phi) is 4.97. The first-order chi connectivity index (χ1) is 11.6. The summed E-state index contributed by atoms with van der Waals surface area (Å²) in [5.74, 6) is -0.186. The number of nitrogens with one attached hydrogen (secondary N) is 2. The third-order valence-electron chi connectivity index (χ3n) is 3.74. The van der Waals surface area contributed by atoms with Crippen LogP contribution >= 0.6 is 28.1 Å². The zero-order valence-corrected chi connectivity index (χ0v) is 15.4. The van der Waals surface area contributed by atoms with Gasteiger partial charge in [-0.1, -0.05) is 52.3 Å². The molecule has 1 unspecified atom stereocenters. The number of para-hydroxylation sites is 1. The van der Waals surface area contributed by atoms with E-state index in [0.29, 0.717) is 10.5 Å². The van der Waals surface area contributed by atoms with E-state index in [9.17, 15) is 4.79 Å². The standard InChI is InChI=1S/C18H16BrN3OS/c1-12(14-9-5-6-10-15(14)19)21-17(23)16-11-20-18(24)22(16)13-7-3-2-4-8-13/h2-12H,1H3,(H,20,24)(H,21,23). The minimum Gasteiger partial charge on any atom is -0.344 e. The summed E-state index contributed by atoms with van der Waals surface area (Å²) < 4.78 is 3.18. The van der Waals surface area contributed by atoms with E-state index < -0.39 is 0 Å². The highest BCUT2D eigenvalue weighted by Gasteiger charge is 2.18. The van der Waals surface area contributed by atoms with Crippen LogP contribution in [0, 0.1) is 4.77 Å². The monoisotopic (exact) mass is 401 g/mol. The van der Waals surface area contributed by atoms with Gasteiger partial charge in [-0.2, -0.15) is 0 Å². The van der Waals surface area contributed by atoms with Crippen molar-refractivity contribution >= 4 is 34.1 Å². The van der Waals surface area contributed by atoms with E-state index >= 15 is 0 Å². The largest absolute Gasteiger partial charge is 0.344 e. The van der Waals surface area contributed by atoms with Crippen molar-refractivity contribution in [3.05, 3.63) is 81.3 Å². The van der Waals surface area contributed by atoms with Gasteiger partial charge in [0.15, 0.2) is 4.77 Å². The molecule has 0 saturated carbocycles. The summed E-state index contributed by atoms with van der Waals surface area (Å²) in [6, 6.07) is 17.3. The van der Waals surface area contributed by atoms with E-state index in [1.807, 2.05) is 61.5 Å². The van der Waals surface area contributed by atoms with Crippen LogP contribution in [0.5, 0.6) is 0 Å². The summed E-state index contributed by atoms with van der Waals surface area (Å²) in [5.41, 5.74) is 2.35. The van der Waals surface area contributed by atoms with Gasteiger partial charge in [-0.15, -0.1) is 0 Å². The van der Waals surface area contributed by atoms with E-state index in [-0.39, 0.29) is 11.9 Å². The summed E-state index contributed by atoms with van der Waals surface area (Å²) >= 11 is 8.84. The Labute approximate surface area is 153 Å². The second-order valence-electron chi connectivity index (χ2n) is 5.37. The molecule has 0 saturated heterocycles. The number of halogens is 1. The minimum atomic E-state index is -0.186. The molecular formula is C18H16BrN3OS. The predicted octanol–water partition coefficient (Wildman–Crippen LogP) is 4.79. The van der Waals surface area contributed by atoms with Crippen molar-refractivity contribution in [2.24, 2.45) is 0 Å². The molecule has 1 heterocycles. The Bertz CT molecular complexity index is 917. The number of benzene rings is 2. The number of amides is 1. The highest BCUT2D eigenvalue weighted by molar-refractivity contribution is 9.10. The van der Waals surface area contributed by atoms with Gasteiger partial charge in [-0.25, -0.2) is 0 Å². The number of carbonyl (C=O) groups is 1. The molecule has 1 amide bonds. The second kappa shape index (κ2) is 7.15. The molecule has 0 aliphatic rings. The third-order valence-corrected chi connectivity index (χ3v) is 4.77. The Hall–Kier alpha value is -2.18. The normalized spacial score (nSPS) is 11.9. The summed E-state index contributed by atoms with van der Waals surface area (Å²) in [7, 11) is 0. The van der Waals surface area contributed by atoms with Gasteiger partial charge in [0.05, 0.1) is 6.04 Å². The van der Waals surface area contributed by atoms with Crippen molar-refractivity contribution in [2.45, 2.75) is 13.0 Å². The van der Waals surface area contributed by atoms with Crippen molar-refractivity contribution in [3.63, 3.8) is 0 Å². The molecule has 0 fully saturated rings. The highest BCUT2D eigenvalue weighted by atomic mass is 79.9. The Morgan fingerprint density at radius 1 is 1.17 bits per heavy atom. The van der Waals surface area contributed by atoms with Crippen molar-refractivity contribution in [1.82, 2.24) is 14.9 Å². The van der Waals surface area contributed by atoms with Crippen molar-refractivity contribution in [3.8, 4) is 5.69 Å². The van der Waals surface area contributed by atoms with Crippen LogP contribution in [0.2, 0.25) is 0 Å². The summed E-state index contributed by atoms with van der Waals surface area (Å²) in [4.78, 5) is 15.7. The molecule has 2 aromatic carbocycles. The van der Waals surface area contributed by atoms with Gasteiger partial charge in [0.1, 0.15) is 5.69 Å². The molecule has 2 N–H and O–H groups in total. The number of hydrogen-bond acceptors (Lipinski definition) is 2. The number of carbonyl (C=O) groups excluding carboxylic acids is 1. The van der Waals surface area contributed by atoms with E-state index in [1.165, 1.54) is 0 Å². The quantitative estimate of drug-likeness (QED) is 0.617. The van der Waals surface area contributed by atoms with Gasteiger partial charge in [0.25, 0.3) is 5.91 Å².